The minimum atomic E-state index is -0.527. The number of hydrogen-bond acceptors (Lipinski definition) is 6. The summed E-state index contributed by atoms with van der Waals surface area (Å²) in [5.74, 6) is 0.747. The topological polar surface area (TPSA) is 112 Å². The fraction of sp³-hybridized carbons (Fsp3) is 0.192. The number of hydrogen-bond donors (Lipinski definition) is 2. The van der Waals surface area contributed by atoms with Crippen molar-refractivity contribution in [2.24, 2.45) is 0 Å². The molecule has 0 bridgehead atoms. The molecule has 0 aliphatic heterocycles. The minimum absolute atomic E-state index is 0.248. The van der Waals surface area contributed by atoms with Crippen LogP contribution in [-0.2, 0) is 13.0 Å². The molecule has 0 aliphatic rings. The first-order valence-corrected chi connectivity index (χ1v) is 10.9. The average Bonchev–Trinajstić information content (AvgIpc) is 2.88. The lowest BCUT2D eigenvalue weighted by molar-refractivity contribution is 0.102. The number of amides is 1. The number of aryl methyl sites for hydroxylation is 1. The van der Waals surface area contributed by atoms with Gasteiger partial charge in [0.05, 0.1) is 32.2 Å². The monoisotopic (exact) mass is 475 g/mol. The van der Waals surface area contributed by atoms with Crippen LogP contribution in [0.2, 0.25) is 0 Å². The highest BCUT2D eigenvalue weighted by molar-refractivity contribution is 6.06. The number of carbonyl (C=O) groups is 1. The van der Waals surface area contributed by atoms with Crippen molar-refractivity contribution in [2.45, 2.75) is 13.0 Å². The molecule has 0 saturated carbocycles. The summed E-state index contributed by atoms with van der Waals surface area (Å²) >= 11 is 0. The number of benzene rings is 3. The summed E-state index contributed by atoms with van der Waals surface area (Å²) in [6.45, 7) is 0.248. The zero-order chi connectivity index (χ0) is 24.9. The van der Waals surface area contributed by atoms with Crippen molar-refractivity contribution in [2.75, 3.05) is 26.6 Å². The number of nitrogens with one attached hydrogen (secondary N) is 2. The second-order valence-electron chi connectivity index (χ2n) is 7.75. The smallest absolute Gasteiger partial charge is 0.328 e. The zero-order valence-electron chi connectivity index (χ0n) is 19.6. The van der Waals surface area contributed by atoms with Gasteiger partial charge in [-0.25, -0.2) is 4.79 Å². The van der Waals surface area contributed by atoms with E-state index in [4.69, 9.17) is 14.2 Å². The Bertz CT molecular complexity index is 1470. The number of nitrogens with zero attached hydrogens (tertiary/aromatic N) is 1. The number of aromatic amines is 1. The lowest BCUT2D eigenvalue weighted by Gasteiger charge is -2.14. The summed E-state index contributed by atoms with van der Waals surface area (Å²) in [6.07, 6.45) is 0.546. The van der Waals surface area contributed by atoms with E-state index in [0.717, 1.165) is 5.56 Å². The summed E-state index contributed by atoms with van der Waals surface area (Å²) in [6, 6.07) is 17.4. The van der Waals surface area contributed by atoms with Crippen LogP contribution in [0, 0.1) is 0 Å². The number of carbonyl (C=O) groups excluding carboxylic acids is 1. The van der Waals surface area contributed by atoms with Gasteiger partial charge in [-0.2, -0.15) is 0 Å². The van der Waals surface area contributed by atoms with Crippen molar-refractivity contribution in [1.82, 2.24) is 9.55 Å². The van der Waals surface area contributed by atoms with Crippen molar-refractivity contribution in [3.05, 3.63) is 92.6 Å². The molecule has 0 saturated heterocycles. The Kier molecular flexibility index (Phi) is 6.86. The first kappa shape index (κ1) is 23.6. The number of aromatic nitrogens is 2. The fourth-order valence-electron chi connectivity index (χ4n) is 3.84. The standard InChI is InChI=1S/C26H25N3O6/c1-33-21-14-18(15-22(34-2)23(21)35-3)27-24(30)17-9-10-19-20(13-17)28-26(32)29(25(19)31)12-11-16-7-5-4-6-8-16/h4-10,13-15H,11-12H2,1-3H3,(H,27,30)(H,28,32). The maximum Gasteiger partial charge on any atom is 0.328 e. The lowest BCUT2D eigenvalue weighted by Crippen LogP contribution is -2.35. The van der Waals surface area contributed by atoms with Gasteiger partial charge in [0.25, 0.3) is 11.5 Å². The Hall–Kier alpha value is -4.53. The highest BCUT2D eigenvalue weighted by Crippen LogP contribution is 2.40. The quantitative estimate of drug-likeness (QED) is 0.405. The van der Waals surface area contributed by atoms with Gasteiger partial charge in [-0.05, 0) is 30.2 Å². The Morgan fingerprint density at radius 3 is 2.23 bits per heavy atom. The van der Waals surface area contributed by atoms with Crippen LogP contribution < -0.4 is 30.8 Å². The van der Waals surface area contributed by atoms with Gasteiger partial charge in [0, 0.05) is 29.9 Å². The summed E-state index contributed by atoms with van der Waals surface area (Å²) in [4.78, 5) is 41.2. The van der Waals surface area contributed by atoms with Gasteiger partial charge in [-0.3, -0.25) is 14.2 Å². The van der Waals surface area contributed by atoms with Gasteiger partial charge < -0.3 is 24.5 Å². The van der Waals surface area contributed by atoms with Crippen molar-refractivity contribution in [1.29, 1.82) is 0 Å². The molecule has 0 radical (unpaired) electrons. The van der Waals surface area contributed by atoms with Gasteiger partial charge in [-0.15, -0.1) is 0 Å². The number of anilines is 1. The predicted molar refractivity (Wildman–Crippen MR) is 133 cm³/mol. The number of H-pyrrole nitrogens is 1. The van der Waals surface area contributed by atoms with Crippen molar-refractivity contribution >= 4 is 22.5 Å². The van der Waals surface area contributed by atoms with Crippen LogP contribution in [0.15, 0.2) is 70.3 Å². The molecule has 0 fully saturated rings. The number of methoxy groups -OCH3 is 3. The van der Waals surface area contributed by atoms with E-state index < -0.39 is 17.2 Å². The summed E-state index contributed by atoms with van der Waals surface area (Å²) in [5.41, 5.74) is 1.07. The lowest BCUT2D eigenvalue weighted by atomic mass is 10.1. The fourth-order valence-corrected chi connectivity index (χ4v) is 3.84. The maximum absolute atomic E-state index is 12.9. The SMILES string of the molecule is COc1cc(NC(=O)c2ccc3c(=O)n(CCc4ccccc4)c(=O)[nH]c3c2)cc(OC)c1OC. The van der Waals surface area contributed by atoms with E-state index in [2.05, 4.69) is 10.3 Å². The van der Waals surface area contributed by atoms with Crippen LogP contribution in [0.3, 0.4) is 0 Å². The second-order valence-corrected chi connectivity index (χ2v) is 7.75. The Labute approximate surface area is 200 Å². The molecule has 9 heteroatoms. The Morgan fingerprint density at radius 2 is 1.60 bits per heavy atom. The molecular weight excluding hydrogens is 450 g/mol. The van der Waals surface area contributed by atoms with E-state index in [9.17, 15) is 14.4 Å². The molecule has 4 rings (SSSR count). The van der Waals surface area contributed by atoms with Crippen LogP contribution in [0.4, 0.5) is 5.69 Å². The predicted octanol–water partition coefficient (Wildman–Crippen LogP) is 3.21. The summed E-state index contributed by atoms with van der Waals surface area (Å²) in [5, 5.41) is 3.09. The van der Waals surface area contributed by atoms with Crippen LogP contribution in [0.1, 0.15) is 15.9 Å². The largest absolute Gasteiger partial charge is 0.493 e. The van der Waals surface area contributed by atoms with Crippen molar-refractivity contribution < 1.29 is 19.0 Å². The van der Waals surface area contributed by atoms with Crippen LogP contribution in [0.5, 0.6) is 17.2 Å². The molecule has 4 aromatic rings. The average molecular weight is 476 g/mol. The molecule has 2 N–H and O–H groups in total. The Balaban J connectivity index is 1.61. The van der Waals surface area contributed by atoms with Gasteiger partial charge in [-0.1, -0.05) is 30.3 Å². The minimum Gasteiger partial charge on any atom is -0.493 e. The van der Waals surface area contributed by atoms with Crippen LogP contribution >= 0.6 is 0 Å². The molecule has 1 heterocycles. The molecule has 3 aromatic carbocycles. The van der Waals surface area contributed by atoms with Crippen LogP contribution in [0.25, 0.3) is 10.9 Å². The van der Waals surface area contributed by atoms with Gasteiger partial charge >= 0.3 is 5.69 Å². The number of fused-ring (bicyclic) bond motifs is 1. The second kappa shape index (κ2) is 10.2. The molecule has 0 atom stereocenters. The zero-order valence-corrected chi connectivity index (χ0v) is 19.6. The van der Waals surface area contributed by atoms with Crippen LogP contribution in [-0.4, -0.2) is 36.8 Å². The number of rotatable bonds is 8. The van der Waals surface area contributed by atoms with E-state index in [0.29, 0.717) is 34.7 Å². The molecule has 1 aromatic heterocycles. The first-order chi connectivity index (χ1) is 16.9. The first-order valence-electron chi connectivity index (χ1n) is 10.9. The molecule has 0 aliphatic carbocycles. The highest BCUT2D eigenvalue weighted by Gasteiger charge is 2.16. The molecular formula is C26H25N3O6. The Morgan fingerprint density at radius 1 is 0.914 bits per heavy atom. The third-order valence-corrected chi connectivity index (χ3v) is 5.63. The van der Waals surface area contributed by atoms with E-state index >= 15 is 0 Å². The summed E-state index contributed by atoms with van der Waals surface area (Å²) in [7, 11) is 4.45. The molecule has 35 heavy (non-hydrogen) atoms. The molecule has 0 spiro atoms. The normalized spacial score (nSPS) is 10.7. The third kappa shape index (κ3) is 4.89. The van der Waals surface area contributed by atoms with Crippen molar-refractivity contribution in [3.8, 4) is 17.2 Å². The third-order valence-electron chi connectivity index (χ3n) is 5.63. The van der Waals surface area contributed by atoms with Gasteiger partial charge in [0.2, 0.25) is 5.75 Å². The molecule has 9 nitrogen and oxygen atoms in total. The molecule has 180 valence electrons. The maximum atomic E-state index is 12.9. The summed E-state index contributed by atoms with van der Waals surface area (Å²) < 4.78 is 17.1. The molecule has 1 amide bonds. The highest BCUT2D eigenvalue weighted by atomic mass is 16.5. The van der Waals surface area contributed by atoms with Crippen molar-refractivity contribution in [3.63, 3.8) is 0 Å². The van der Waals surface area contributed by atoms with Gasteiger partial charge in [0.15, 0.2) is 11.5 Å². The molecule has 0 unspecified atom stereocenters. The van der Waals surface area contributed by atoms with E-state index in [-0.39, 0.29) is 17.6 Å². The van der Waals surface area contributed by atoms with E-state index in [1.54, 1.807) is 12.1 Å². The van der Waals surface area contributed by atoms with E-state index in [1.165, 1.54) is 44.1 Å². The number of ether oxygens (including phenoxy) is 3. The van der Waals surface area contributed by atoms with Gasteiger partial charge in [0.1, 0.15) is 0 Å². The van der Waals surface area contributed by atoms with E-state index in [1.807, 2.05) is 30.3 Å².